The van der Waals surface area contributed by atoms with Gasteiger partial charge < -0.3 is 10.6 Å². The van der Waals surface area contributed by atoms with Crippen LogP contribution >= 0.6 is 35.3 Å². The van der Waals surface area contributed by atoms with E-state index in [0.717, 1.165) is 25.9 Å². The number of rotatable bonds is 5. The van der Waals surface area contributed by atoms with Crippen molar-refractivity contribution in [3.8, 4) is 0 Å². The smallest absolute Gasteiger partial charge is 0.250 e. The lowest BCUT2D eigenvalue weighted by Crippen LogP contribution is -2.41. The average Bonchev–Trinajstić information content (AvgIpc) is 2.99. The maximum absolute atomic E-state index is 11.8. The predicted octanol–water partition coefficient (Wildman–Crippen LogP) is 1.44. The normalized spacial score (nSPS) is 16.6. The summed E-state index contributed by atoms with van der Waals surface area (Å²) in [6.07, 6.45) is 3.52. The molecule has 0 atom stereocenters. The Balaban J connectivity index is 0.00000220. The Kier molecular flexibility index (Phi) is 7.92. The lowest BCUT2D eigenvalue weighted by Gasteiger charge is -2.27. The molecule has 21 heavy (non-hydrogen) atoms. The van der Waals surface area contributed by atoms with Gasteiger partial charge in [-0.2, -0.15) is 0 Å². The Morgan fingerprint density at radius 1 is 1.38 bits per heavy atom. The number of halogens is 1. The van der Waals surface area contributed by atoms with Gasteiger partial charge in [-0.05, 0) is 30.7 Å². The number of aliphatic imine (C=N–C) groups is 1. The molecule has 0 radical (unpaired) electrons. The van der Waals surface area contributed by atoms with E-state index in [-0.39, 0.29) is 30.5 Å². The highest BCUT2D eigenvalue weighted by atomic mass is 127. The summed E-state index contributed by atoms with van der Waals surface area (Å²) in [5, 5.41) is 1.74. The number of hydrogen-bond donors (Lipinski definition) is 2. The van der Waals surface area contributed by atoms with Crippen molar-refractivity contribution in [3.05, 3.63) is 17.5 Å². The van der Waals surface area contributed by atoms with Crippen molar-refractivity contribution >= 4 is 51.3 Å². The molecule has 1 fully saturated rings. The van der Waals surface area contributed by atoms with Crippen LogP contribution < -0.4 is 10.5 Å². The third kappa shape index (κ3) is 5.72. The van der Waals surface area contributed by atoms with Crippen LogP contribution in [0.5, 0.6) is 0 Å². The van der Waals surface area contributed by atoms with Gasteiger partial charge in [-0.1, -0.05) is 6.07 Å². The molecule has 1 saturated heterocycles. The first-order valence-electron chi connectivity index (χ1n) is 6.67. The quantitative estimate of drug-likeness (QED) is 0.312. The highest BCUT2D eigenvalue weighted by Gasteiger charge is 2.14. The molecule has 0 bridgehead atoms. The fraction of sp³-hybridized carbons (Fsp3) is 0.583. The van der Waals surface area contributed by atoms with Crippen LogP contribution in [-0.2, 0) is 10.0 Å². The van der Waals surface area contributed by atoms with Crippen LogP contribution in [0.15, 0.2) is 26.7 Å². The van der Waals surface area contributed by atoms with Gasteiger partial charge in [0, 0.05) is 19.6 Å². The second-order valence-corrected chi connectivity index (χ2v) is 7.56. The van der Waals surface area contributed by atoms with Crippen molar-refractivity contribution in [3.63, 3.8) is 0 Å². The van der Waals surface area contributed by atoms with Gasteiger partial charge in [0.15, 0.2) is 5.96 Å². The molecule has 6 nitrogen and oxygen atoms in total. The van der Waals surface area contributed by atoms with Crippen LogP contribution in [0.4, 0.5) is 0 Å². The fourth-order valence-corrected chi connectivity index (χ4v) is 4.12. The zero-order valence-electron chi connectivity index (χ0n) is 11.7. The lowest BCUT2D eigenvalue weighted by atomic mass is 10.1. The summed E-state index contributed by atoms with van der Waals surface area (Å²) in [6.45, 7) is 2.49. The van der Waals surface area contributed by atoms with E-state index in [0.29, 0.717) is 16.7 Å². The Bertz CT molecular complexity index is 540. The maximum atomic E-state index is 11.8. The number of sulfonamides is 1. The molecule has 120 valence electrons. The zero-order valence-corrected chi connectivity index (χ0v) is 15.7. The van der Waals surface area contributed by atoms with Crippen molar-refractivity contribution in [2.45, 2.75) is 23.5 Å². The fourth-order valence-electron chi connectivity index (χ4n) is 2.06. The monoisotopic (exact) mass is 444 g/mol. The minimum atomic E-state index is -3.39. The van der Waals surface area contributed by atoms with Gasteiger partial charge in [0.2, 0.25) is 10.0 Å². The topological polar surface area (TPSA) is 87.8 Å². The number of hydrogen-bond acceptors (Lipinski definition) is 4. The van der Waals surface area contributed by atoms with Gasteiger partial charge in [0.1, 0.15) is 4.21 Å². The molecule has 0 aliphatic carbocycles. The number of piperidine rings is 1. The summed E-state index contributed by atoms with van der Waals surface area (Å²) < 4.78 is 26.5. The summed E-state index contributed by atoms with van der Waals surface area (Å²) in [5.74, 6) is 0.514. The lowest BCUT2D eigenvalue weighted by molar-refractivity contribution is 0.338. The van der Waals surface area contributed by atoms with Crippen LogP contribution in [0.25, 0.3) is 0 Å². The predicted molar refractivity (Wildman–Crippen MR) is 96.8 cm³/mol. The summed E-state index contributed by atoms with van der Waals surface area (Å²) in [4.78, 5) is 6.28. The van der Waals surface area contributed by atoms with E-state index in [1.54, 1.807) is 17.5 Å². The first kappa shape index (κ1) is 18.7. The van der Waals surface area contributed by atoms with Crippen LogP contribution in [0.1, 0.15) is 19.3 Å². The summed E-state index contributed by atoms with van der Waals surface area (Å²) in [6, 6.07) is 3.30. The molecular weight excluding hydrogens is 423 g/mol. The molecule has 1 aromatic rings. The van der Waals surface area contributed by atoms with Gasteiger partial charge in [0.05, 0.1) is 6.54 Å². The molecule has 0 unspecified atom stereocenters. The van der Waals surface area contributed by atoms with Crippen molar-refractivity contribution in [1.82, 2.24) is 9.62 Å². The largest absolute Gasteiger partial charge is 0.370 e. The van der Waals surface area contributed by atoms with Gasteiger partial charge in [-0.3, -0.25) is 4.99 Å². The molecule has 0 spiro atoms. The van der Waals surface area contributed by atoms with E-state index in [2.05, 4.69) is 14.6 Å². The highest BCUT2D eigenvalue weighted by molar-refractivity contribution is 14.0. The minimum absolute atomic E-state index is 0. The third-order valence-corrected chi connectivity index (χ3v) is 5.98. The molecule has 2 rings (SSSR count). The van der Waals surface area contributed by atoms with Crippen LogP contribution in [0.2, 0.25) is 0 Å². The summed E-state index contributed by atoms with van der Waals surface area (Å²) in [7, 11) is -3.39. The molecule has 1 aliphatic rings. The Morgan fingerprint density at radius 2 is 2.10 bits per heavy atom. The number of nitrogens with two attached hydrogens (primary N) is 1. The molecule has 2 heterocycles. The van der Waals surface area contributed by atoms with Crippen LogP contribution in [0, 0.1) is 0 Å². The average molecular weight is 444 g/mol. The van der Waals surface area contributed by atoms with E-state index >= 15 is 0 Å². The van der Waals surface area contributed by atoms with E-state index in [4.69, 9.17) is 5.73 Å². The molecular formula is C12H21IN4O2S2. The van der Waals surface area contributed by atoms with Gasteiger partial charge in [-0.15, -0.1) is 35.3 Å². The van der Waals surface area contributed by atoms with Crippen molar-refractivity contribution in [2.75, 3.05) is 26.2 Å². The Hall–Kier alpha value is -0.390. The standard InChI is InChI=1S/C12H20N4O2S2.HI/c13-12(16-8-2-1-3-9-16)14-6-7-15-20(17,18)11-5-4-10-19-11;/h4-5,10,15H,1-3,6-9H2,(H2,13,14);1H. The summed E-state index contributed by atoms with van der Waals surface area (Å²) >= 11 is 1.20. The van der Waals surface area contributed by atoms with Crippen LogP contribution in [0.3, 0.4) is 0 Å². The number of nitrogens with zero attached hydrogens (tertiary/aromatic N) is 2. The van der Waals surface area contributed by atoms with Crippen molar-refractivity contribution < 1.29 is 8.42 Å². The first-order chi connectivity index (χ1) is 9.59. The SMILES string of the molecule is I.NC(=NCCNS(=O)(=O)c1cccs1)N1CCCCC1. The number of nitrogens with one attached hydrogen (secondary N) is 1. The second-order valence-electron chi connectivity index (χ2n) is 4.62. The van der Waals surface area contributed by atoms with Crippen molar-refractivity contribution in [2.24, 2.45) is 10.7 Å². The van der Waals surface area contributed by atoms with Gasteiger partial charge in [0.25, 0.3) is 0 Å². The highest BCUT2D eigenvalue weighted by Crippen LogP contribution is 2.14. The zero-order chi connectivity index (χ0) is 14.4. The minimum Gasteiger partial charge on any atom is -0.370 e. The first-order valence-corrected chi connectivity index (χ1v) is 9.04. The van der Waals surface area contributed by atoms with Crippen LogP contribution in [-0.4, -0.2) is 45.5 Å². The van der Waals surface area contributed by atoms with Crippen molar-refractivity contribution in [1.29, 1.82) is 0 Å². The second kappa shape index (κ2) is 8.91. The number of guanidine groups is 1. The van der Waals surface area contributed by atoms with E-state index in [9.17, 15) is 8.42 Å². The van der Waals surface area contributed by atoms with E-state index in [1.807, 2.05) is 0 Å². The number of likely N-dealkylation sites (tertiary alicyclic amines) is 1. The van der Waals surface area contributed by atoms with Gasteiger partial charge >= 0.3 is 0 Å². The molecule has 0 aromatic carbocycles. The molecule has 9 heteroatoms. The summed E-state index contributed by atoms with van der Waals surface area (Å²) in [5.41, 5.74) is 5.89. The molecule has 3 N–H and O–H groups in total. The Morgan fingerprint density at radius 3 is 2.71 bits per heavy atom. The van der Waals surface area contributed by atoms with Gasteiger partial charge in [-0.25, -0.2) is 13.1 Å². The van der Waals surface area contributed by atoms with E-state index < -0.39 is 10.0 Å². The molecule has 0 amide bonds. The molecule has 1 aliphatic heterocycles. The van der Waals surface area contributed by atoms with E-state index in [1.165, 1.54) is 17.8 Å². The Labute approximate surface area is 146 Å². The third-order valence-electron chi connectivity index (χ3n) is 3.12. The molecule has 1 aromatic heterocycles. The number of thiophene rings is 1. The molecule has 0 saturated carbocycles. The maximum Gasteiger partial charge on any atom is 0.250 e.